The highest BCUT2D eigenvalue weighted by molar-refractivity contribution is 9.10. The van der Waals surface area contributed by atoms with E-state index < -0.39 is 6.23 Å². The number of nitrogens with zero attached hydrogens (tertiary/aromatic N) is 19. The Balaban J connectivity index is 0.000000309. The summed E-state index contributed by atoms with van der Waals surface area (Å²) in [5, 5.41) is 19.8. The van der Waals surface area contributed by atoms with Gasteiger partial charge < -0.3 is 47.9 Å². The van der Waals surface area contributed by atoms with E-state index in [4.69, 9.17) is 9.47 Å². The SMILES string of the molecule is C.CC1=CN(C)C(c2ccccc2)N1.CC1C(=O)N(C)C(=O)N1C.CCN1C(=O)N(C)C(=O)C1Oc1ccccc1.CN1CCOCC1.COC(=O)c1cccn1C.Cc1cc(C)n(C)n1.Cc1ccnn1C.Cc1nccn1C.Cc1nccn1C.Cc1nn(C)cc1Br.Cn1ccc(-c2ccccc2)n1. The fourth-order valence-corrected chi connectivity index (χ4v) is 9.98. The predicted molar refractivity (Wildman–Crippen MR) is 423 cm³/mol. The number of halogens is 1. The van der Waals surface area contributed by atoms with E-state index in [-0.39, 0.29) is 43.3 Å². The molecule has 3 atom stereocenters. The number of imidazole rings is 2. The topological polar surface area (TPSA) is 256 Å². The Morgan fingerprint density at radius 1 is 0.607 bits per heavy atom. The fourth-order valence-electron chi connectivity index (χ4n) is 9.60. The van der Waals surface area contributed by atoms with Crippen molar-refractivity contribution in [2.24, 2.45) is 49.3 Å². The lowest BCUT2D eigenvalue weighted by Crippen LogP contribution is -2.39. The maximum Gasteiger partial charge on any atom is 0.354 e. The molecule has 0 radical (unpaired) electrons. The van der Waals surface area contributed by atoms with E-state index in [1.165, 1.54) is 53.7 Å². The van der Waals surface area contributed by atoms with Crippen LogP contribution in [-0.4, -0.2) is 210 Å². The molecule has 107 heavy (non-hydrogen) atoms. The van der Waals surface area contributed by atoms with Crippen LogP contribution in [0.3, 0.4) is 0 Å². The summed E-state index contributed by atoms with van der Waals surface area (Å²) in [6, 6.07) is 38.3. The number of rotatable bonds is 6. The Bertz CT molecular complexity index is 4020. The number of nitrogens with one attached hydrogen (secondary N) is 1. The van der Waals surface area contributed by atoms with Crippen molar-refractivity contribution in [2.75, 3.05) is 75.2 Å². The molecule has 0 aliphatic carbocycles. The molecule has 14 rings (SSSR count). The van der Waals surface area contributed by atoms with Gasteiger partial charge in [-0.2, -0.15) is 20.4 Å². The van der Waals surface area contributed by atoms with Crippen LogP contribution in [-0.2, 0) is 68.4 Å². The van der Waals surface area contributed by atoms with Gasteiger partial charge in [0, 0.05) is 176 Å². The number of morpholine rings is 1. The van der Waals surface area contributed by atoms with Gasteiger partial charge in [-0.05, 0) is 133 Å². The number of allylic oxidation sites excluding steroid dienone is 1. The van der Waals surface area contributed by atoms with Crippen molar-refractivity contribution in [3.63, 3.8) is 0 Å². The quantitative estimate of drug-likeness (QED) is 0.120. The number of benzene rings is 3. The number of hydrogen-bond donors (Lipinski definition) is 1. The number of carbonyl (C=O) groups excluding carboxylic acids is 5. The number of esters is 1. The van der Waals surface area contributed by atoms with Crippen LogP contribution in [0.25, 0.3) is 11.3 Å². The van der Waals surface area contributed by atoms with Gasteiger partial charge in [0.1, 0.15) is 35.3 Å². The normalized spacial score (nSPS) is 15.2. The van der Waals surface area contributed by atoms with Gasteiger partial charge in [-0.15, -0.1) is 0 Å². The average molecular weight is 1540 g/mol. The number of para-hydroxylation sites is 1. The molecule has 29 heteroatoms. The zero-order chi connectivity index (χ0) is 78.7. The molecule has 7 aromatic heterocycles. The lowest BCUT2D eigenvalue weighted by molar-refractivity contribution is -0.134. The van der Waals surface area contributed by atoms with E-state index in [0.717, 1.165) is 74.9 Å². The van der Waals surface area contributed by atoms with Crippen LogP contribution < -0.4 is 10.1 Å². The molecule has 0 spiro atoms. The third-order valence-corrected chi connectivity index (χ3v) is 17.3. The van der Waals surface area contributed by atoms with Gasteiger partial charge in [-0.3, -0.25) is 43.0 Å². The number of imide groups is 2. The molecule has 4 aliphatic rings. The number of methoxy groups -OCH3 is 1. The molecule has 580 valence electrons. The highest BCUT2D eigenvalue weighted by atomic mass is 79.9. The van der Waals surface area contributed by atoms with Crippen molar-refractivity contribution < 1.29 is 38.2 Å². The molecule has 10 aromatic rings. The maximum atomic E-state index is 11.8. The number of aryl methyl sites for hydroxylation is 13. The Hall–Kier alpha value is -10.9. The minimum Gasteiger partial charge on any atom is -0.464 e. The first-order valence-corrected chi connectivity index (χ1v) is 35.1. The Kier molecular flexibility index (Phi) is 38.9. The number of carbonyl (C=O) groups is 5. The number of hydrogen-bond acceptors (Lipinski definition) is 17. The van der Waals surface area contributed by atoms with Gasteiger partial charge in [-0.1, -0.05) is 86.3 Å². The van der Waals surface area contributed by atoms with Crippen LogP contribution in [0.2, 0.25) is 0 Å². The van der Waals surface area contributed by atoms with Gasteiger partial charge in [-0.25, -0.2) is 24.4 Å². The molecular weight excluding hydrogens is 1420 g/mol. The summed E-state index contributed by atoms with van der Waals surface area (Å²) in [5.74, 6) is 1.92. The van der Waals surface area contributed by atoms with E-state index in [1.54, 1.807) is 79.3 Å². The van der Waals surface area contributed by atoms with E-state index in [9.17, 15) is 24.0 Å². The molecule has 3 aromatic carbocycles. The molecule has 28 nitrogen and oxygen atoms in total. The van der Waals surface area contributed by atoms with Crippen molar-refractivity contribution in [3.05, 3.63) is 233 Å². The van der Waals surface area contributed by atoms with Crippen molar-refractivity contribution in [2.45, 2.75) is 88.2 Å². The molecule has 0 saturated carbocycles. The third-order valence-electron chi connectivity index (χ3n) is 16.6. The van der Waals surface area contributed by atoms with Crippen molar-refractivity contribution in [1.82, 2.24) is 97.5 Å². The van der Waals surface area contributed by atoms with E-state index >= 15 is 0 Å². The Morgan fingerprint density at radius 2 is 1.17 bits per heavy atom. The van der Waals surface area contributed by atoms with Crippen LogP contribution in [0.1, 0.15) is 84.8 Å². The smallest absolute Gasteiger partial charge is 0.354 e. The molecule has 0 bridgehead atoms. The zero-order valence-electron chi connectivity index (χ0n) is 65.7. The molecule has 4 aliphatic heterocycles. The van der Waals surface area contributed by atoms with E-state index in [2.05, 4.69) is 136 Å². The van der Waals surface area contributed by atoms with Crippen molar-refractivity contribution >= 4 is 45.8 Å². The van der Waals surface area contributed by atoms with Crippen molar-refractivity contribution in [1.29, 1.82) is 0 Å². The predicted octanol–water partition coefficient (Wildman–Crippen LogP) is 11.5. The monoisotopic (exact) mass is 1540 g/mol. The molecular formula is C78H113BrN20O8. The largest absolute Gasteiger partial charge is 0.464 e. The number of amides is 6. The standard InChI is InChI=1S/C12H14N2O3.C11H14N2.C10H10N2.C7H9NO2.C6H10N2O2.C6H10N2.C5H7BrN2.3C5H8N2.C5H11NO.CH4/c1-3-14-11(10(15)13(2)12(14)16)17-9-7-5-4-6-8-9;1-9-8-13(2)11(12-9)10-6-4-3-5-7-10;1-12-8-7-10(11-12)9-5-3-2-4-6-9;1-8-5-3-4-6(8)7(9)10-2;1-4-5(9)8(3)6(10)7(4)2;1-5-4-6(2)8(3)7-5;1-4-5(6)3-8(2)7-4;2*1-5-6-3-4-7(5)2;1-5-3-4-6-7(5)2;1-6-2-4-7-5-3-6;/h4-8,11H,3H2,1-2H3;3-8,11-12H,1-2H3;2-8H,1H3;3-5H,1-2H3;4H,1-3H3;4H,1-3H3;3H,1-2H3;3*3-4H,1-2H3;2-5H2,1H3;1H4. The first-order chi connectivity index (χ1) is 50.3. The Labute approximate surface area is 640 Å². The summed E-state index contributed by atoms with van der Waals surface area (Å²) in [6.07, 6.45) is 16.5. The number of urea groups is 2. The molecule has 3 fully saturated rings. The van der Waals surface area contributed by atoms with Gasteiger partial charge >= 0.3 is 18.0 Å². The van der Waals surface area contributed by atoms with Gasteiger partial charge in [0.25, 0.3) is 18.0 Å². The summed E-state index contributed by atoms with van der Waals surface area (Å²) in [7, 11) is 23.6. The summed E-state index contributed by atoms with van der Waals surface area (Å²) < 4.78 is 29.2. The highest BCUT2D eigenvalue weighted by Gasteiger charge is 2.44. The van der Waals surface area contributed by atoms with Crippen LogP contribution in [0.5, 0.6) is 5.75 Å². The zero-order valence-corrected chi connectivity index (χ0v) is 67.2. The molecule has 3 saturated heterocycles. The van der Waals surface area contributed by atoms with Crippen molar-refractivity contribution in [3.8, 4) is 17.0 Å². The number of aromatic nitrogens is 13. The molecule has 3 unspecified atom stereocenters. The maximum absolute atomic E-state index is 11.8. The Morgan fingerprint density at radius 3 is 1.48 bits per heavy atom. The number of likely N-dealkylation sites (N-methyl/N-ethyl adjacent to an activating group) is 5. The first kappa shape index (κ1) is 90.3. The first-order valence-electron chi connectivity index (χ1n) is 34.3. The summed E-state index contributed by atoms with van der Waals surface area (Å²) in [5.41, 5.74) is 9.81. The highest BCUT2D eigenvalue weighted by Crippen LogP contribution is 2.24. The second-order valence-electron chi connectivity index (χ2n) is 24.9. The van der Waals surface area contributed by atoms with Gasteiger partial charge in [0.05, 0.1) is 41.9 Å². The van der Waals surface area contributed by atoms with Crippen LogP contribution >= 0.6 is 15.9 Å². The van der Waals surface area contributed by atoms with Crippen LogP contribution in [0.4, 0.5) is 9.59 Å². The lowest BCUT2D eigenvalue weighted by Gasteiger charge is -2.21. The minimum absolute atomic E-state index is 0. The average Bonchev–Trinajstić information content (AvgIpc) is 1.66. The van der Waals surface area contributed by atoms with Gasteiger partial charge in [0.15, 0.2) is 0 Å². The fraction of sp³-hybridized carbons (Fsp3) is 0.397. The number of ether oxygens (including phenoxy) is 3. The van der Waals surface area contributed by atoms with E-state index in [0.29, 0.717) is 24.2 Å². The molecule has 11 heterocycles. The van der Waals surface area contributed by atoms with Gasteiger partial charge in [0.2, 0.25) is 0 Å². The van der Waals surface area contributed by atoms with Crippen LogP contribution in [0, 0.1) is 41.5 Å². The second kappa shape index (κ2) is 46.1. The van der Waals surface area contributed by atoms with Crippen LogP contribution in [0.15, 0.2) is 187 Å². The lowest BCUT2D eigenvalue weighted by atomic mass is 10.2. The molecule has 1 N–H and O–H groups in total. The molecule has 6 amide bonds. The summed E-state index contributed by atoms with van der Waals surface area (Å²) in [6.45, 7) is 22.0. The van der Waals surface area contributed by atoms with E-state index in [1.807, 2.05) is 193 Å². The minimum atomic E-state index is -0.847. The second-order valence-corrected chi connectivity index (χ2v) is 25.7. The third kappa shape index (κ3) is 29.9. The summed E-state index contributed by atoms with van der Waals surface area (Å²) in [4.78, 5) is 73.8. The summed E-state index contributed by atoms with van der Waals surface area (Å²) >= 11 is 3.33.